The highest BCUT2D eigenvalue weighted by molar-refractivity contribution is 5.96. The number of ether oxygens (including phenoxy) is 2. The lowest BCUT2D eigenvalue weighted by atomic mass is 9.99. The highest BCUT2D eigenvalue weighted by Gasteiger charge is 2.16. The first-order valence-electron chi connectivity index (χ1n) is 5.83. The van der Waals surface area contributed by atoms with E-state index in [0.29, 0.717) is 43.2 Å². The molecule has 0 radical (unpaired) electrons. The highest BCUT2D eigenvalue weighted by atomic mass is 16.6. The zero-order chi connectivity index (χ0) is 12.3. The van der Waals surface area contributed by atoms with Crippen LogP contribution in [0.4, 0.5) is 0 Å². The number of hydrogen-bond acceptors (Lipinski definition) is 4. The molecular formula is C13H17NO3. The average molecular weight is 235 g/mol. The van der Waals surface area contributed by atoms with E-state index in [9.17, 15) is 4.79 Å². The molecule has 1 aliphatic rings. The summed E-state index contributed by atoms with van der Waals surface area (Å²) in [6, 6.07) is 5.31. The van der Waals surface area contributed by atoms with Crippen LogP contribution >= 0.6 is 0 Å². The van der Waals surface area contributed by atoms with Crippen molar-refractivity contribution in [2.75, 3.05) is 19.8 Å². The van der Waals surface area contributed by atoms with Gasteiger partial charge in [-0.25, -0.2) is 0 Å². The van der Waals surface area contributed by atoms with Gasteiger partial charge in [0.1, 0.15) is 13.2 Å². The first-order valence-corrected chi connectivity index (χ1v) is 5.83. The van der Waals surface area contributed by atoms with Gasteiger partial charge in [0.05, 0.1) is 0 Å². The molecule has 1 unspecified atom stereocenters. The molecule has 1 heterocycles. The molecule has 0 spiro atoms. The monoisotopic (exact) mass is 235 g/mol. The Morgan fingerprint density at radius 2 is 2.06 bits per heavy atom. The molecule has 1 aromatic carbocycles. The van der Waals surface area contributed by atoms with Gasteiger partial charge >= 0.3 is 0 Å². The van der Waals surface area contributed by atoms with Crippen molar-refractivity contribution in [3.63, 3.8) is 0 Å². The molecule has 2 N–H and O–H groups in total. The van der Waals surface area contributed by atoms with Crippen LogP contribution in [0, 0.1) is 5.92 Å². The van der Waals surface area contributed by atoms with Gasteiger partial charge in [-0.05, 0) is 30.7 Å². The molecule has 1 aliphatic heterocycles. The van der Waals surface area contributed by atoms with Crippen molar-refractivity contribution in [1.82, 2.24) is 0 Å². The van der Waals surface area contributed by atoms with Gasteiger partial charge in [-0.2, -0.15) is 0 Å². The Morgan fingerprint density at radius 3 is 2.76 bits per heavy atom. The van der Waals surface area contributed by atoms with Gasteiger partial charge in [-0.1, -0.05) is 6.92 Å². The molecule has 0 bridgehead atoms. The summed E-state index contributed by atoms with van der Waals surface area (Å²) in [6.07, 6.45) is 0.468. The van der Waals surface area contributed by atoms with Gasteiger partial charge < -0.3 is 15.2 Å². The lowest BCUT2D eigenvalue weighted by Gasteiger charge is -2.18. The van der Waals surface area contributed by atoms with Crippen LogP contribution in [-0.4, -0.2) is 25.5 Å². The van der Waals surface area contributed by atoms with Crippen LogP contribution < -0.4 is 15.2 Å². The van der Waals surface area contributed by atoms with E-state index in [2.05, 4.69) is 0 Å². The highest BCUT2D eigenvalue weighted by Crippen LogP contribution is 2.31. The number of carbonyl (C=O) groups excluding carboxylic acids is 1. The molecule has 0 aromatic heterocycles. The van der Waals surface area contributed by atoms with Crippen molar-refractivity contribution in [2.24, 2.45) is 11.7 Å². The number of ketones is 1. The predicted molar refractivity (Wildman–Crippen MR) is 64.6 cm³/mol. The molecule has 0 saturated carbocycles. The maximum atomic E-state index is 11.9. The third-order valence-electron chi connectivity index (χ3n) is 2.80. The molecule has 2 rings (SSSR count). The van der Waals surface area contributed by atoms with Gasteiger partial charge in [0.2, 0.25) is 0 Å². The molecule has 0 saturated heterocycles. The second-order valence-corrected chi connectivity index (χ2v) is 4.33. The standard InChI is InChI=1S/C13H17NO3/c1-9(8-14)6-11(15)10-2-3-12-13(7-10)17-5-4-16-12/h2-3,7,9H,4-6,8,14H2,1H3. The number of Topliss-reactive ketones (excluding diaryl/α,β-unsaturated/α-hetero) is 1. The van der Waals surface area contributed by atoms with Crippen LogP contribution in [0.25, 0.3) is 0 Å². The largest absolute Gasteiger partial charge is 0.486 e. The molecule has 1 aromatic rings. The number of benzene rings is 1. The van der Waals surface area contributed by atoms with Crippen LogP contribution in [0.5, 0.6) is 11.5 Å². The van der Waals surface area contributed by atoms with E-state index in [1.807, 2.05) is 6.92 Å². The molecule has 17 heavy (non-hydrogen) atoms. The van der Waals surface area contributed by atoms with E-state index in [1.54, 1.807) is 18.2 Å². The van der Waals surface area contributed by atoms with E-state index >= 15 is 0 Å². The van der Waals surface area contributed by atoms with Gasteiger partial charge in [-0.3, -0.25) is 4.79 Å². The van der Waals surface area contributed by atoms with Crippen molar-refractivity contribution in [1.29, 1.82) is 0 Å². The van der Waals surface area contributed by atoms with E-state index in [4.69, 9.17) is 15.2 Å². The third kappa shape index (κ3) is 2.77. The lowest BCUT2D eigenvalue weighted by molar-refractivity contribution is 0.0964. The average Bonchev–Trinajstić information content (AvgIpc) is 2.38. The van der Waals surface area contributed by atoms with Gasteiger partial charge in [-0.15, -0.1) is 0 Å². The smallest absolute Gasteiger partial charge is 0.163 e. The molecule has 4 nitrogen and oxygen atoms in total. The van der Waals surface area contributed by atoms with E-state index < -0.39 is 0 Å². The Labute approximate surface area is 101 Å². The Morgan fingerprint density at radius 1 is 1.35 bits per heavy atom. The predicted octanol–water partition coefficient (Wildman–Crippen LogP) is 1.63. The van der Waals surface area contributed by atoms with Crippen molar-refractivity contribution in [3.05, 3.63) is 23.8 Å². The number of hydrogen-bond donors (Lipinski definition) is 1. The molecule has 0 aliphatic carbocycles. The molecule has 4 heteroatoms. The minimum absolute atomic E-state index is 0.0972. The number of carbonyl (C=O) groups is 1. The summed E-state index contributed by atoms with van der Waals surface area (Å²) in [5.41, 5.74) is 6.17. The van der Waals surface area contributed by atoms with E-state index in [0.717, 1.165) is 0 Å². The number of fused-ring (bicyclic) bond motifs is 1. The first-order chi connectivity index (χ1) is 8.20. The maximum absolute atomic E-state index is 11.9. The van der Waals surface area contributed by atoms with E-state index in [-0.39, 0.29) is 11.7 Å². The van der Waals surface area contributed by atoms with Crippen molar-refractivity contribution < 1.29 is 14.3 Å². The topological polar surface area (TPSA) is 61.6 Å². The van der Waals surface area contributed by atoms with Crippen molar-refractivity contribution in [3.8, 4) is 11.5 Å². The fraction of sp³-hybridized carbons (Fsp3) is 0.462. The van der Waals surface area contributed by atoms with Crippen LogP contribution in [0.2, 0.25) is 0 Å². The number of rotatable bonds is 4. The van der Waals surface area contributed by atoms with E-state index in [1.165, 1.54) is 0 Å². The summed E-state index contributed by atoms with van der Waals surface area (Å²) in [7, 11) is 0. The summed E-state index contributed by atoms with van der Waals surface area (Å²) in [5, 5.41) is 0. The fourth-order valence-electron chi connectivity index (χ4n) is 1.73. The van der Waals surface area contributed by atoms with Crippen LogP contribution in [0.3, 0.4) is 0 Å². The van der Waals surface area contributed by atoms with Crippen LogP contribution in [0.1, 0.15) is 23.7 Å². The minimum atomic E-state index is 0.0972. The quantitative estimate of drug-likeness (QED) is 0.806. The summed E-state index contributed by atoms with van der Waals surface area (Å²) in [6.45, 7) is 3.58. The Hall–Kier alpha value is -1.55. The SMILES string of the molecule is CC(CN)CC(=O)c1ccc2c(c1)OCCO2. The Bertz CT molecular complexity index is 417. The van der Waals surface area contributed by atoms with Crippen LogP contribution in [0.15, 0.2) is 18.2 Å². The van der Waals surface area contributed by atoms with Gasteiger partial charge in [0.25, 0.3) is 0 Å². The molecular weight excluding hydrogens is 218 g/mol. The Balaban J connectivity index is 2.13. The van der Waals surface area contributed by atoms with Crippen molar-refractivity contribution >= 4 is 5.78 Å². The van der Waals surface area contributed by atoms with Crippen LogP contribution in [-0.2, 0) is 0 Å². The molecule has 92 valence electrons. The van der Waals surface area contributed by atoms with Crippen molar-refractivity contribution in [2.45, 2.75) is 13.3 Å². The second-order valence-electron chi connectivity index (χ2n) is 4.33. The minimum Gasteiger partial charge on any atom is -0.486 e. The zero-order valence-corrected chi connectivity index (χ0v) is 9.94. The molecule has 0 amide bonds. The Kier molecular flexibility index (Phi) is 3.64. The summed E-state index contributed by atoms with van der Waals surface area (Å²) < 4.78 is 10.8. The zero-order valence-electron chi connectivity index (χ0n) is 9.94. The summed E-state index contributed by atoms with van der Waals surface area (Å²) in [4.78, 5) is 11.9. The molecule has 1 atom stereocenters. The number of nitrogens with two attached hydrogens (primary N) is 1. The molecule has 0 fully saturated rings. The maximum Gasteiger partial charge on any atom is 0.163 e. The lowest BCUT2D eigenvalue weighted by Crippen LogP contribution is -2.17. The summed E-state index contributed by atoms with van der Waals surface area (Å²) >= 11 is 0. The third-order valence-corrected chi connectivity index (χ3v) is 2.80. The fourth-order valence-corrected chi connectivity index (χ4v) is 1.73. The summed E-state index contributed by atoms with van der Waals surface area (Å²) in [5.74, 6) is 1.66. The second kappa shape index (κ2) is 5.19. The van der Waals surface area contributed by atoms with Gasteiger partial charge in [0, 0.05) is 12.0 Å². The van der Waals surface area contributed by atoms with Gasteiger partial charge in [0.15, 0.2) is 17.3 Å². The normalized spacial score (nSPS) is 15.4. The first kappa shape index (κ1) is 11.9.